The molecule has 4 heteroatoms. The number of aliphatic hydroxyl groups is 1. The Morgan fingerprint density at radius 3 is 1.94 bits per heavy atom. The maximum atomic E-state index is 11.9. The van der Waals surface area contributed by atoms with Crippen LogP contribution in [0, 0.1) is 0 Å². The van der Waals surface area contributed by atoms with Crippen LogP contribution in [-0.4, -0.2) is 34.0 Å². The minimum Gasteiger partial charge on any atom is -0.389 e. The number of imide groups is 1. The van der Waals surface area contributed by atoms with Crippen LogP contribution in [0.1, 0.15) is 34.6 Å². The molecule has 1 N–H and O–H groups in total. The molecule has 1 aromatic carbocycles. The Balaban J connectivity index is 2.36. The van der Waals surface area contributed by atoms with E-state index in [-0.39, 0.29) is 18.4 Å². The van der Waals surface area contributed by atoms with E-state index >= 15 is 0 Å². The van der Waals surface area contributed by atoms with Crippen LogP contribution < -0.4 is 0 Å². The lowest BCUT2D eigenvalue weighted by Gasteiger charge is -2.23. The van der Waals surface area contributed by atoms with Crippen molar-refractivity contribution in [3.05, 3.63) is 35.4 Å². The molecule has 0 radical (unpaired) electrons. The molecule has 1 heterocycles. The van der Waals surface area contributed by atoms with Gasteiger partial charge in [-0.3, -0.25) is 14.5 Å². The number of benzene rings is 1. The second-order valence-corrected chi connectivity index (χ2v) is 4.55. The fourth-order valence-corrected chi connectivity index (χ4v) is 1.77. The van der Waals surface area contributed by atoms with Crippen molar-refractivity contribution in [1.82, 2.24) is 4.90 Å². The van der Waals surface area contributed by atoms with Crippen LogP contribution in [0.15, 0.2) is 24.3 Å². The van der Waals surface area contributed by atoms with Crippen molar-refractivity contribution < 1.29 is 14.7 Å². The maximum Gasteiger partial charge on any atom is 0.261 e. The normalized spacial score (nSPS) is 15.6. The summed E-state index contributed by atoms with van der Waals surface area (Å²) in [6.45, 7) is 3.15. The zero-order valence-corrected chi connectivity index (χ0v) is 9.23. The molecule has 2 rings (SSSR count). The van der Waals surface area contributed by atoms with Gasteiger partial charge in [-0.2, -0.15) is 0 Å². The molecule has 1 aliphatic heterocycles. The Morgan fingerprint density at radius 2 is 1.56 bits per heavy atom. The zero-order chi connectivity index (χ0) is 11.9. The molecule has 0 spiro atoms. The first-order valence-electron chi connectivity index (χ1n) is 5.08. The lowest BCUT2D eigenvalue weighted by molar-refractivity contribution is 0.0297. The van der Waals surface area contributed by atoms with Crippen molar-refractivity contribution in [2.75, 3.05) is 6.54 Å². The molecule has 4 nitrogen and oxygen atoms in total. The van der Waals surface area contributed by atoms with Gasteiger partial charge in [0, 0.05) is 0 Å². The summed E-state index contributed by atoms with van der Waals surface area (Å²) < 4.78 is 0. The fraction of sp³-hybridized carbons (Fsp3) is 0.333. The quantitative estimate of drug-likeness (QED) is 0.756. The molecule has 0 fully saturated rings. The van der Waals surface area contributed by atoms with Crippen LogP contribution in [0.25, 0.3) is 0 Å². The molecular formula is C12H13NO3. The van der Waals surface area contributed by atoms with Crippen LogP contribution in [-0.2, 0) is 0 Å². The van der Waals surface area contributed by atoms with E-state index in [2.05, 4.69) is 0 Å². The lowest BCUT2D eigenvalue weighted by Crippen LogP contribution is -2.41. The summed E-state index contributed by atoms with van der Waals surface area (Å²) in [6, 6.07) is 6.69. The average Bonchev–Trinajstić information content (AvgIpc) is 2.43. The first-order valence-corrected chi connectivity index (χ1v) is 5.08. The highest BCUT2D eigenvalue weighted by molar-refractivity contribution is 6.21. The topological polar surface area (TPSA) is 57.6 Å². The number of β-amino-alcohol motifs (C(OH)–C–C–N with tert-alkyl or cyclic N) is 1. The van der Waals surface area contributed by atoms with Gasteiger partial charge < -0.3 is 5.11 Å². The van der Waals surface area contributed by atoms with Crippen LogP contribution in [0.4, 0.5) is 0 Å². The van der Waals surface area contributed by atoms with Gasteiger partial charge in [-0.05, 0) is 26.0 Å². The van der Waals surface area contributed by atoms with Gasteiger partial charge in [0.2, 0.25) is 0 Å². The number of rotatable bonds is 2. The van der Waals surface area contributed by atoms with Gasteiger partial charge in [0.15, 0.2) is 0 Å². The summed E-state index contributed by atoms with van der Waals surface area (Å²) in [7, 11) is 0. The SMILES string of the molecule is CC(C)(O)CN1C(=O)c2ccccc2C1=O. The third-order valence-corrected chi connectivity index (χ3v) is 2.42. The summed E-state index contributed by atoms with van der Waals surface area (Å²) in [4.78, 5) is 24.8. The van der Waals surface area contributed by atoms with E-state index in [1.165, 1.54) is 0 Å². The average molecular weight is 219 g/mol. The first-order chi connectivity index (χ1) is 7.40. The second kappa shape index (κ2) is 3.42. The summed E-state index contributed by atoms with van der Waals surface area (Å²) in [5.74, 6) is -0.662. The van der Waals surface area contributed by atoms with Crippen LogP contribution in [0.2, 0.25) is 0 Å². The van der Waals surface area contributed by atoms with E-state index in [0.717, 1.165) is 4.90 Å². The van der Waals surface area contributed by atoms with Gasteiger partial charge in [0.1, 0.15) is 0 Å². The number of carbonyl (C=O) groups excluding carboxylic acids is 2. The van der Waals surface area contributed by atoms with E-state index < -0.39 is 5.60 Å². The molecule has 2 amide bonds. The van der Waals surface area contributed by atoms with Gasteiger partial charge in [-0.25, -0.2) is 0 Å². The minimum absolute atomic E-state index is 0.0132. The highest BCUT2D eigenvalue weighted by Crippen LogP contribution is 2.23. The van der Waals surface area contributed by atoms with Gasteiger partial charge in [-0.15, -0.1) is 0 Å². The Labute approximate surface area is 93.5 Å². The molecule has 0 aromatic heterocycles. The van der Waals surface area contributed by atoms with E-state index in [4.69, 9.17) is 0 Å². The Kier molecular flexibility index (Phi) is 2.31. The fourth-order valence-electron chi connectivity index (χ4n) is 1.77. The van der Waals surface area contributed by atoms with Crippen LogP contribution >= 0.6 is 0 Å². The molecule has 1 aliphatic rings. The summed E-state index contributed by atoms with van der Waals surface area (Å²) in [6.07, 6.45) is 0. The monoisotopic (exact) mass is 219 g/mol. The number of carbonyl (C=O) groups is 2. The Morgan fingerprint density at radius 1 is 1.12 bits per heavy atom. The van der Waals surface area contributed by atoms with Crippen molar-refractivity contribution in [1.29, 1.82) is 0 Å². The van der Waals surface area contributed by atoms with Crippen LogP contribution in [0.5, 0.6) is 0 Å². The smallest absolute Gasteiger partial charge is 0.261 e. The van der Waals surface area contributed by atoms with E-state index in [9.17, 15) is 14.7 Å². The predicted molar refractivity (Wildman–Crippen MR) is 58.1 cm³/mol. The third-order valence-electron chi connectivity index (χ3n) is 2.42. The van der Waals surface area contributed by atoms with Crippen molar-refractivity contribution in [3.63, 3.8) is 0 Å². The van der Waals surface area contributed by atoms with Crippen molar-refractivity contribution in [2.24, 2.45) is 0 Å². The molecule has 0 aliphatic carbocycles. The molecule has 0 saturated carbocycles. The molecule has 0 saturated heterocycles. The van der Waals surface area contributed by atoms with E-state index in [1.54, 1.807) is 38.1 Å². The van der Waals surface area contributed by atoms with Gasteiger partial charge >= 0.3 is 0 Å². The molecule has 16 heavy (non-hydrogen) atoms. The largest absolute Gasteiger partial charge is 0.389 e. The van der Waals surface area contributed by atoms with Gasteiger partial charge in [0.05, 0.1) is 23.3 Å². The van der Waals surface area contributed by atoms with Crippen LogP contribution in [0.3, 0.4) is 0 Å². The first kappa shape index (κ1) is 10.8. The Bertz CT molecular complexity index is 425. The van der Waals surface area contributed by atoms with Gasteiger partial charge in [-0.1, -0.05) is 12.1 Å². The molecule has 0 unspecified atom stereocenters. The van der Waals surface area contributed by atoms with Gasteiger partial charge in [0.25, 0.3) is 11.8 Å². The second-order valence-electron chi connectivity index (χ2n) is 4.55. The van der Waals surface area contributed by atoms with Crippen molar-refractivity contribution >= 4 is 11.8 Å². The molecular weight excluding hydrogens is 206 g/mol. The summed E-state index contributed by atoms with van der Waals surface area (Å²) in [5, 5.41) is 9.65. The lowest BCUT2D eigenvalue weighted by atomic mass is 10.1. The number of hydrogen-bond donors (Lipinski definition) is 1. The number of nitrogens with zero attached hydrogens (tertiary/aromatic N) is 1. The Hall–Kier alpha value is -1.68. The van der Waals surface area contributed by atoms with Crippen molar-refractivity contribution in [3.8, 4) is 0 Å². The third kappa shape index (κ3) is 1.72. The van der Waals surface area contributed by atoms with E-state index in [0.29, 0.717) is 11.1 Å². The number of hydrogen-bond acceptors (Lipinski definition) is 3. The molecule has 0 atom stereocenters. The molecule has 1 aromatic rings. The number of amides is 2. The number of fused-ring (bicyclic) bond motifs is 1. The summed E-state index contributed by atoms with van der Waals surface area (Å²) >= 11 is 0. The molecule has 0 bridgehead atoms. The standard InChI is InChI=1S/C12H13NO3/c1-12(2,16)7-13-10(14)8-5-3-4-6-9(8)11(13)15/h3-6,16H,7H2,1-2H3. The minimum atomic E-state index is -1.08. The highest BCUT2D eigenvalue weighted by Gasteiger charge is 2.37. The zero-order valence-electron chi connectivity index (χ0n) is 9.23. The maximum absolute atomic E-state index is 11.9. The van der Waals surface area contributed by atoms with E-state index in [1.807, 2.05) is 0 Å². The van der Waals surface area contributed by atoms with Crippen molar-refractivity contribution in [2.45, 2.75) is 19.4 Å². The summed E-state index contributed by atoms with van der Waals surface area (Å²) in [5.41, 5.74) is -0.249. The highest BCUT2D eigenvalue weighted by atomic mass is 16.3. The predicted octanol–water partition coefficient (Wildman–Crippen LogP) is 1.05. The molecule has 84 valence electrons.